The molecule has 0 spiro atoms. The summed E-state index contributed by atoms with van der Waals surface area (Å²) in [6, 6.07) is 10.1. The highest BCUT2D eigenvalue weighted by Gasteiger charge is 2.31. The van der Waals surface area contributed by atoms with Crippen LogP contribution in [0.4, 0.5) is 0 Å². The number of benzene rings is 2. The van der Waals surface area contributed by atoms with Crippen molar-refractivity contribution in [3.05, 3.63) is 47.5 Å². The van der Waals surface area contributed by atoms with E-state index in [-0.39, 0.29) is 0 Å². The van der Waals surface area contributed by atoms with Crippen LogP contribution in [-0.4, -0.2) is 33.5 Å². The lowest BCUT2D eigenvalue weighted by molar-refractivity contribution is 0.144. The van der Waals surface area contributed by atoms with Crippen LogP contribution in [0.2, 0.25) is 0 Å². The zero-order chi connectivity index (χ0) is 17.7. The van der Waals surface area contributed by atoms with Gasteiger partial charge in [-0.3, -0.25) is 0 Å². The summed E-state index contributed by atoms with van der Waals surface area (Å²) in [6.07, 6.45) is 5.65. The molecule has 5 heteroatoms. The molecule has 0 heterocycles. The molecule has 0 aliphatic rings. The minimum absolute atomic E-state index is 0.476. The van der Waals surface area contributed by atoms with Gasteiger partial charge in [0, 0.05) is 11.1 Å². The molecule has 0 bridgehead atoms. The first-order valence-corrected chi connectivity index (χ1v) is 7.19. The molecule has 2 rings (SSSR count). The van der Waals surface area contributed by atoms with Crippen molar-refractivity contribution in [1.29, 1.82) is 0 Å². The molecule has 0 atom stereocenters. The summed E-state index contributed by atoms with van der Waals surface area (Å²) in [6.45, 7) is 0. The van der Waals surface area contributed by atoms with E-state index in [4.69, 9.17) is 25.4 Å². The maximum Gasteiger partial charge on any atom is 0.176 e. The standard InChI is InChI=1S/C19H20O5/c1-6-19(20,13-7-9-15(21-2)17(11-13)23-4)14-8-10-16(22-3)18(12-14)24-5/h1,7-12,20H,2-5H3. The number of terminal acetylenes is 1. The van der Waals surface area contributed by atoms with Crippen LogP contribution in [0.15, 0.2) is 36.4 Å². The number of methoxy groups -OCH3 is 4. The van der Waals surface area contributed by atoms with Crippen LogP contribution in [-0.2, 0) is 5.60 Å². The zero-order valence-corrected chi connectivity index (χ0v) is 14.1. The van der Waals surface area contributed by atoms with Crippen molar-refractivity contribution in [2.24, 2.45) is 0 Å². The normalized spacial score (nSPS) is 10.7. The lowest BCUT2D eigenvalue weighted by atomic mass is 9.86. The first kappa shape index (κ1) is 17.5. The predicted molar refractivity (Wildman–Crippen MR) is 90.9 cm³/mol. The van der Waals surface area contributed by atoms with Gasteiger partial charge in [0.15, 0.2) is 28.6 Å². The van der Waals surface area contributed by atoms with Gasteiger partial charge in [0.05, 0.1) is 28.4 Å². The van der Waals surface area contributed by atoms with E-state index in [1.807, 2.05) is 0 Å². The molecule has 5 nitrogen and oxygen atoms in total. The summed E-state index contributed by atoms with van der Waals surface area (Å²) in [7, 11) is 6.12. The van der Waals surface area contributed by atoms with Crippen molar-refractivity contribution in [2.75, 3.05) is 28.4 Å². The molecule has 2 aromatic carbocycles. The predicted octanol–water partition coefficient (Wildman–Crippen LogP) is 2.59. The fraction of sp³-hybridized carbons (Fsp3) is 0.263. The minimum Gasteiger partial charge on any atom is -0.493 e. The summed E-state index contributed by atoms with van der Waals surface area (Å²) < 4.78 is 21.0. The third-order valence-corrected chi connectivity index (χ3v) is 3.81. The largest absolute Gasteiger partial charge is 0.493 e. The molecule has 0 saturated carbocycles. The molecule has 0 aliphatic heterocycles. The summed E-state index contributed by atoms with van der Waals surface area (Å²) >= 11 is 0. The lowest BCUT2D eigenvalue weighted by Crippen LogP contribution is -2.25. The van der Waals surface area contributed by atoms with Crippen LogP contribution in [0.3, 0.4) is 0 Å². The first-order chi connectivity index (χ1) is 11.5. The van der Waals surface area contributed by atoms with Gasteiger partial charge in [-0.25, -0.2) is 0 Å². The van der Waals surface area contributed by atoms with Crippen LogP contribution in [0, 0.1) is 12.3 Å². The Morgan fingerprint density at radius 2 is 1.12 bits per heavy atom. The Kier molecular flexibility index (Phi) is 5.22. The monoisotopic (exact) mass is 328 g/mol. The molecule has 1 N–H and O–H groups in total. The second kappa shape index (κ2) is 7.16. The molecule has 0 aliphatic carbocycles. The van der Waals surface area contributed by atoms with E-state index in [0.29, 0.717) is 34.1 Å². The maximum absolute atomic E-state index is 11.1. The topological polar surface area (TPSA) is 57.2 Å². The molecule has 2 aromatic rings. The smallest absolute Gasteiger partial charge is 0.176 e. The van der Waals surface area contributed by atoms with Gasteiger partial charge in [-0.2, -0.15) is 0 Å². The van der Waals surface area contributed by atoms with Gasteiger partial charge in [-0.1, -0.05) is 18.1 Å². The van der Waals surface area contributed by atoms with Crippen molar-refractivity contribution < 1.29 is 24.1 Å². The van der Waals surface area contributed by atoms with Crippen LogP contribution in [0.5, 0.6) is 23.0 Å². The van der Waals surface area contributed by atoms with Crippen molar-refractivity contribution in [3.8, 4) is 35.3 Å². The Hall–Kier alpha value is -2.84. The van der Waals surface area contributed by atoms with E-state index < -0.39 is 5.60 Å². The van der Waals surface area contributed by atoms with Crippen LogP contribution >= 0.6 is 0 Å². The Morgan fingerprint density at radius 1 is 0.750 bits per heavy atom. The summed E-state index contributed by atoms with van der Waals surface area (Å²) in [5.74, 6) is 4.50. The van der Waals surface area contributed by atoms with E-state index >= 15 is 0 Å². The number of rotatable bonds is 6. The Balaban J connectivity index is 2.59. The van der Waals surface area contributed by atoms with Crippen LogP contribution < -0.4 is 18.9 Å². The summed E-state index contributed by atoms with van der Waals surface area (Å²) in [5, 5.41) is 11.1. The molecular weight excluding hydrogens is 308 g/mol. The third kappa shape index (κ3) is 2.97. The van der Waals surface area contributed by atoms with Gasteiger partial charge >= 0.3 is 0 Å². The quantitative estimate of drug-likeness (QED) is 0.826. The second-order valence-electron chi connectivity index (χ2n) is 4.99. The highest BCUT2D eigenvalue weighted by Crippen LogP contribution is 2.38. The highest BCUT2D eigenvalue weighted by molar-refractivity contribution is 5.54. The van der Waals surface area contributed by atoms with Gasteiger partial charge in [0.25, 0.3) is 0 Å². The zero-order valence-electron chi connectivity index (χ0n) is 14.1. The molecule has 0 radical (unpaired) electrons. The van der Waals surface area contributed by atoms with Gasteiger partial charge < -0.3 is 24.1 Å². The Bertz CT molecular complexity index is 705. The molecule has 126 valence electrons. The van der Waals surface area contributed by atoms with Crippen molar-refractivity contribution in [3.63, 3.8) is 0 Å². The van der Waals surface area contributed by atoms with E-state index in [1.54, 1.807) is 50.6 Å². The average molecular weight is 328 g/mol. The first-order valence-electron chi connectivity index (χ1n) is 7.19. The van der Waals surface area contributed by atoms with Crippen molar-refractivity contribution in [1.82, 2.24) is 0 Å². The number of aliphatic hydroxyl groups is 1. The van der Waals surface area contributed by atoms with Crippen LogP contribution in [0.1, 0.15) is 11.1 Å². The number of ether oxygens (including phenoxy) is 4. The van der Waals surface area contributed by atoms with Gasteiger partial charge in [-0.05, 0) is 24.3 Å². The van der Waals surface area contributed by atoms with Gasteiger partial charge in [0.2, 0.25) is 0 Å². The summed E-state index contributed by atoms with van der Waals surface area (Å²) in [5.41, 5.74) is -0.691. The van der Waals surface area contributed by atoms with E-state index in [9.17, 15) is 5.11 Å². The highest BCUT2D eigenvalue weighted by atomic mass is 16.5. The molecule has 0 unspecified atom stereocenters. The molecule has 0 aromatic heterocycles. The van der Waals surface area contributed by atoms with Crippen molar-refractivity contribution in [2.45, 2.75) is 5.60 Å². The van der Waals surface area contributed by atoms with Gasteiger partial charge in [0.1, 0.15) is 0 Å². The third-order valence-electron chi connectivity index (χ3n) is 3.81. The fourth-order valence-corrected chi connectivity index (χ4v) is 2.46. The number of hydrogen-bond acceptors (Lipinski definition) is 5. The Morgan fingerprint density at radius 3 is 1.42 bits per heavy atom. The molecule has 24 heavy (non-hydrogen) atoms. The lowest BCUT2D eigenvalue weighted by Gasteiger charge is -2.25. The second-order valence-corrected chi connectivity index (χ2v) is 4.99. The average Bonchev–Trinajstić information content (AvgIpc) is 2.65. The molecular formula is C19H20O5. The fourth-order valence-electron chi connectivity index (χ4n) is 2.46. The Labute approximate surface area is 141 Å². The molecule has 0 saturated heterocycles. The number of hydrogen-bond donors (Lipinski definition) is 1. The van der Waals surface area contributed by atoms with Crippen LogP contribution in [0.25, 0.3) is 0 Å². The van der Waals surface area contributed by atoms with Crippen molar-refractivity contribution >= 4 is 0 Å². The molecule has 0 fully saturated rings. The van der Waals surface area contributed by atoms with Gasteiger partial charge in [-0.15, -0.1) is 6.42 Å². The molecule has 0 amide bonds. The minimum atomic E-state index is -1.65. The van der Waals surface area contributed by atoms with E-state index in [1.165, 1.54) is 14.2 Å². The SMILES string of the molecule is C#CC(O)(c1ccc(OC)c(OC)c1)c1ccc(OC)c(OC)c1. The van der Waals surface area contributed by atoms with E-state index in [2.05, 4.69) is 5.92 Å². The van der Waals surface area contributed by atoms with E-state index in [0.717, 1.165) is 0 Å². The maximum atomic E-state index is 11.1. The summed E-state index contributed by atoms with van der Waals surface area (Å²) in [4.78, 5) is 0.